The van der Waals surface area contributed by atoms with E-state index in [-0.39, 0.29) is 6.04 Å². The number of likely N-dealkylation sites (tertiary alicyclic amines) is 1. The van der Waals surface area contributed by atoms with Gasteiger partial charge in [0.25, 0.3) is 0 Å². The molecular formula is C12H13BrClNO2. The van der Waals surface area contributed by atoms with Gasteiger partial charge in [-0.3, -0.25) is 9.69 Å². The Balaban J connectivity index is 2.15. The summed E-state index contributed by atoms with van der Waals surface area (Å²) in [6.07, 6.45) is 1.67. The van der Waals surface area contributed by atoms with Gasteiger partial charge in [-0.1, -0.05) is 27.5 Å². The van der Waals surface area contributed by atoms with Gasteiger partial charge >= 0.3 is 5.97 Å². The molecule has 1 fully saturated rings. The van der Waals surface area contributed by atoms with Gasteiger partial charge < -0.3 is 5.11 Å². The summed E-state index contributed by atoms with van der Waals surface area (Å²) in [7, 11) is 0. The molecule has 1 aromatic rings. The lowest BCUT2D eigenvalue weighted by molar-refractivity contribution is -0.142. The van der Waals surface area contributed by atoms with Crippen molar-refractivity contribution in [2.45, 2.75) is 25.4 Å². The van der Waals surface area contributed by atoms with Gasteiger partial charge in [-0.15, -0.1) is 0 Å². The third-order valence-electron chi connectivity index (χ3n) is 3.03. The van der Waals surface area contributed by atoms with Crippen LogP contribution in [0.5, 0.6) is 0 Å². The number of hydrogen-bond acceptors (Lipinski definition) is 2. The largest absolute Gasteiger partial charge is 0.480 e. The first-order valence-electron chi connectivity index (χ1n) is 5.48. The van der Waals surface area contributed by atoms with Crippen LogP contribution >= 0.6 is 27.5 Å². The normalized spacial score (nSPS) is 20.7. The first-order chi connectivity index (χ1) is 8.08. The predicted molar refractivity (Wildman–Crippen MR) is 70.2 cm³/mol. The van der Waals surface area contributed by atoms with Gasteiger partial charge in [-0.25, -0.2) is 0 Å². The third-order valence-corrected chi connectivity index (χ3v) is 4.04. The predicted octanol–water partition coefficient (Wildman–Crippen LogP) is 3.15. The molecule has 3 nitrogen and oxygen atoms in total. The zero-order chi connectivity index (χ0) is 12.4. The fourth-order valence-electron chi connectivity index (χ4n) is 2.18. The van der Waals surface area contributed by atoms with Crippen LogP contribution in [0.4, 0.5) is 0 Å². The minimum Gasteiger partial charge on any atom is -0.480 e. The number of carboxylic acid groups (broad SMARTS) is 1. The Labute approximate surface area is 114 Å². The highest BCUT2D eigenvalue weighted by Crippen LogP contribution is 2.26. The topological polar surface area (TPSA) is 40.5 Å². The monoisotopic (exact) mass is 317 g/mol. The first-order valence-corrected chi connectivity index (χ1v) is 6.66. The zero-order valence-electron chi connectivity index (χ0n) is 9.20. The fraction of sp³-hybridized carbons (Fsp3) is 0.417. The highest BCUT2D eigenvalue weighted by molar-refractivity contribution is 9.10. The molecule has 1 aliphatic heterocycles. The Hall–Kier alpha value is -0.580. The molecule has 17 heavy (non-hydrogen) atoms. The van der Waals surface area contributed by atoms with E-state index in [1.165, 1.54) is 0 Å². The van der Waals surface area contributed by atoms with Crippen LogP contribution in [0.15, 0.2) is 22.7 Å². The summed E-state index contributed by atoms with van der Waals surface area (Å²) in [4.78, 5) is 13.1. The number of aliphatic carboxylic acids is 1. The number of carbonyl (C=O) groups is 1. The van der Waals surface area contributed by atoms with Gasteiger partial charge in [0.1, 0.15) is 6.04 Å². The van der Waals surface area contributed by atoms with E-state index in [1.54, 1.807) is 0 Å². The molecule has 1 heterocycles. The molecule has 5 heteroatoms. The molecule has 1 aromatic carbocycles. The van der Waals surface area contributed by atoms with E-state index in [4.69, 9.17) is 16.7 Å². The first kappa shape index (κ1) is 12.9. The van der Waals surface area contributed by atoms with E-state index in [0.717, 1.165) is 29.4 Å². The van der Waals surface area contributed by atoms with Gasteiger partial charge in [0.2, 0.25) is 0 Å². The number of hydrogen-bond donors (Lipinski definition) is 1. The number of halogens is 2. The molecule has 0 saturated carbocycles. The van der Waals surface area contributed by atoms with Crippen molar-refractivity contribution in [2.75, 3.05) is 6.54 Å². The maximum Gasteiger partial charge on any atom is 0.320 e. The standard InChI is InChI=1S/C12H13BrClNO2/c13-10-4-3-9(14)6-8(10)7-15-5-1-2-11(15)12(16)17/h3-4,6,11H,1-2,5,7H2,(H,16,17)/t11-/m0/s1. The molecular weight excluding hydrogens is 305 g/mol. The lowest BCUT2D eigenvalue weighted by Gasteiger charge is -2.21. The van der Waals surface area contributed by atoms with E-state index in [0.29, 0.717) is 11.6 Å². The average Bonchev–Trinajstić information content (AvgIpc) is 2.71. The van der Waals surface area contributed by atoms with Gasteiger partial charge in [0.05, 0.1) is 0 Å². The molecule has 1 aliphatic rings. The van der Waals surface area contributed by atoms with E-state index in [9.17, 15) is 4.79 Å². The van der Waals surface area contributed by atoms with Crippen molar-refractivity contribution in [1.29, 1.82) is 0 Å². The Morgan fingerprint density at radius 3 is 3.06 bits per heavy atom. The molecule has 1 saturated heterocycles. The SMILES string of the molecule is O=C(O)[C@@H]1CCCN1Cc1cc(Cl)ccc1Br. The van der Waals surface area contributed by atoms with E-state index in [1.807, 2.05) is 23.1 Å². The molecule has 0 amide bonds. The summed E-state index contributed by atoms with van der Waals surface area (Å²) >= 11 is 9.41. The van der Waals surface area contributed by atoms with Crippen molar-refractivity contribution in [3.05, 3.63) is 33.3 Å². The van der Waals surface area contributed by atoms with Crippen LogP contribution in [0.3, 0.4) is 0 Å². The Morgan fingerprint density at radius 2 is 2.35 bits per heavy atom. The van der Waals surface area contributed by atoms with Crippen LogP contribution in [0.1, 0.15) is 18.4 Å². The maximum absolute atomic E-state index is 11.1. The number of carboxylic acids is 1. The van der Waals surface area contributed by atoms with E-state index >= 15 is 0 Å². The number of benzene rings is 1. The quantitative estimate of drug-likeness (QED) is 0.930. The number of rotatable bonds is 3. The summed E-state index contributed by atoms with van der Waals surface area (Å²) in [6.45, 7) is 1.45. The summed E-state index contributed by atoms with van der Waals surface area (Å²) in [6, 6.07) is 5.22. The van der Waals surface area contributed by atoms with Crippen molar-refractivity contribution in [1.82, 2.24) is 4.90 Å². The molecule has 1 atom stereocenters. The second-order valence-corrected chi connectivity index (χ2v) is 5.49. The molecule has 0 bridgehead atoms. The van der Waals surface area contributed by atoms with Gasteiger partial charge in [-0.05, 0) is 43.1 Å². The molecule has 0 unspecified atom stereocenters. The second kappa shape index (κ2) is 5.38. The van der Waals surface area contributed by atoms with Crippen LogP contribution in [0.25, 0.3) is 0 Å². The van der Waals surface area contributed by atoms with E-state index in [2.05, 4.69) is 15.9 Å². The zero-order valence-corrected chi connectivity index (χ0v) is 11.5. The summed E-state index contributed by atoms with van der Waals surface area (Å²) in [5.41, 5.74) is 1.03. The highest BCUT2D eigenvalue weighted by Gasteiger charge is 2.30. The van der Waals surface area contributed by atoms with Crippen LogP contribution in [-0.2, 0) is 11.3 Å². The molecule has 92 valence electrons. The molecule has 0 spiro atoms. The average molecular weight is 319 g/mol. The lowest BCUT2D eigenvalue weighted by atomic mass is 10.2. The maximum atomic E-state index is 11.1. The molecule has 0 aliphatic carbocycles. The van der Waals surface area contributed by atoms with E-state index < -0.39 is 5.97 Å². The molecule has 0 radical (unpaired) electrons. The van der Waals surface area contributed by atoms with Gasteiger partial charge in [-0.2, -0.15) is 0 Å². The van der Waals surface area contributed by atoms with Gasteiger partial charge in [0, 0.05) is 16.0 Å². The van der Waals surface area contributed by atoms with Crippen molar-refractivity contribution < 1.29 is 9.90 Å². The highest BCUT2D eigenvalue weighted by atomic mass is 79.9. The minimum atomic E-state index is -0.736. The summed E-state index contributed by atoms with van der Waals surface area (Å²) in [5.74, 6) is -0.736. The van der Waals surface area contributed by atoms with Crippen LogP contribution in [0.2, 0.25) is 5.02 Å². The van der Waals surface area contributed by atoms with Crippen LogP contribution in [-0.4, -0.2) is 28.6 Å². The molecule has 2 rings (SSSR count). The lowest BCUT2D eigenvalue weighted by Crippen LogP contribution is -2.35. The Bertz CT molecular complexity index is 439. The fourth-order valence-corrected chi connectivity index (χ4v) is 2.75. The van der Waals surface area contributed by atoms with Crippen molar-refractivity contribution >= 4 is 33.5 Å². The number of nitrogens with zero attached hydrogens (tertiary/aromatic N) is 1. The third kappa shape index (κ3) is 3.00. The summed E-state index contributed by atoms with van der Waals surface area (Å²) in [5, 5.41) is 9.78. The second-order valence-electron chi connectivity index (χ2n) is 4.20. The van der Waals surface area contributed by atoms with Gasteiger partial charge in [0.15, 0.2) is 0 Å². The van der Waals surface area contributed by atoms with Crippen molar-refractivity contribution in [3.63, 3.8) is 0 Å². The van der Waals surface area contributed by atoms with Crippen LogP contribution < -0.4 is 0 Å². The molecule has 0 aromatic heterocycles. The Kier molecular flexibility index (Phi) is 4.07. The van der Waals surface area contributed by atoms with Crippen molar-refractivity contribution in [2.24, 2.45) is 0 Å². The smallest absolute Gasteiger partial charge is 0.320 e. The van der Waals surface area contributed by atoms with Crippen molar-refractivity contribution in [3.8, 4) is 0 Å². The molecule has 1 N–H and O–H groups in total. The minimum absolute atomic E-state index is 0.360. The van der Waals surface area contributed by atoms with Crippen LogP contribution in [0, 0.1) is 0 Å². The summed E-state index contributed by atoms with van der Waals surface area (Å²) < 4.78 is 0.970. The Morgan fingerprint density at radius 1 is 1.59 bits per heavy atom.